The highest BCUT2D eigenvalue weighted by atomic mass is 32.2. The number of aliphatic hydroxyl groups is 1. The van der Waals surface area contributed by atoms with E-state index in [0.717, 1.165) is 11.5 Å². The zero-order valence-corrected chi connectivity index (χ0v) is 11.1. The maximum Gasteiger partial charge on any atom is 0.173 e. The Balaban J connectivity index is 2.65. The van der Waals surface area contributed by atoms with Crippen LogP contribution in [0.25, 0.3) is 0 Å². The Morgan fingerprint density at radius 2 is 2.00 bits per heavy atom. The Labute approximate surface area is 99.9 Å². The number of thioether (sulfide) groups is 2. The minimum absolute atomic E-state index is 0.0786. The van der Waals surface area contributed by atoms with Gasteiger partial charge in [0.1, 0.15) is 5.76 Å². The molecule has 0 amide bonds. The molecule has 0 aromatic rings. The second kappa shape index (κ2) is 5.30. The lowest BCUT2D eigenvalue weighted by Crippen LogP contribution is -2.24. The van der Waals surface area contributed by atoms with Gasteiger partial charge in [0.15, 0.2) is 5.78 Å². The third-order valence-corrected chi connectivity index (χ3v) is 4.37. The summed E-state index contributed by atoms with van der Waals surface area (Å²) in [6.07, 6.45) is 3.22. The van der Waals surface area contributed by atoms with Crippen molar-refractivity contribution >= 4 is 29.3 Å². The standard InChI is InChI=1S/C11H18O2S2/c1-11(2)6-8(12)10(9(13)7-11)15-5-4-14-3/h12H,4-7H2,1-3H3. The monoisotopic (exact) mass is 246 g/mol. The van der Waals surface area contributed by atoms with Gasteiger partial charge in [-0.05, 0) is 11.7 Å². The molecule has 1 N–H and O–H groups in total. The van der Waals surface area contributed by atoms with Gasteiger partial charge >= 0.3 is 0 Å². The van der Waals surface area contributed by atoms with Gasteiger partial charge in [-0.25, -0.2) is 0 Å². The lowest BCUT2D eigenvalue weighted by Gasteiger charge is -2.29. The summed E-state index contributed by atoms with van der Waals surface area (Å²) in [5, 5.41) is 9.81. The van der Waals surface area contributed by atoms with Crippen molar-refractivity contribution in [2.75, 3.05) is 17.8 Å². The molecule has 1 aliphatic carbocycles. The molecule has 0 aromatic carbocycles. The Morgan fingerprint density at radius 3 is 2.53 bits per heavy atom. The van der Waals surface area contributed by atoms with Crippen LogP contribution in [0.1, 0.15) is 26.7 Å². The van der Waals surface area contributed by atoms with Gasteiger partial charge in [0.25, 0.3) is 0 Å². The molecule has 0 fully saturated rings. The molecule has 0 unspecified atom stereocenters. The molecule has 4 heteroatoms. The van der Waals surface area contributed by atoms with Crippen LogP contribution in [0.15, 0.2) is 10.7 Å². The molecule has 0 spiro atoms. The Hall–Kier alpha value is -0.0900. The van der Waals surface area contributed by atoms with Crippen molar-refractivity contribution < 1.29 is 9.90 Å². The van der Waals surface area contributed by atoms with E-state index < -0.39 is 0 Å². The molecular formula is C11H18O2S2. The summed E-state index contributed by atoms with van der Waals surface area (Å²) in [7, 11) is 0. The van der Waals surface area contributed by atoms with Crippen molar-refractivity contribution in [3.05, 3.63) is 10.7 Å². The van der Waals surface area contributed by atoms with E-state index in [0.29, 0.717) is 23.5 Å². The summed E-state index contributed by atoms with van der Waals surface area (Å²) < 4.78 is 0. The first kappa shape index (κ1) is 13.0. The van der Waals surface area contributed by atoms with Gasteiger partial charge in [0.2, 0.25) is 0 Å². The predicted molar refractivity (Wildman–Crippen MR) is 68.5 cm³/mol. The van der Waals surface area contributed by atoms with Gasteiger partial charge in [-0.1, -0.05) is 13.8 Å². The van der Waals surface area contributed by atoms with Crippen LogP contribution in [0.2, 0.25) is 0 Å². The lowest BCUT2D eigenvalue weighted by atomic mass is 9.79. The van der Waals surface area contributed by atoms with Crippen LogP contribution in [0.4, 0.5) is 0 Å². The van der Waals surface area contributed by atoms with Gasteiger partial charge < -0.3 is 5.11 Å². The number of aliphatic hydroxyl groups excluding tert-OH is 1. The quantitative estimate of drug-likeness (QED) is 0.773. The molecular weight excluding hydrogens is 228 g/mol. The number of ketones is 1. The Bertz CT molecular complexity index is 282. The normalized spacial score (nSPS) is 20.9. The van der Waals surface area contributed by atoms with Gasteiger partial charge in [-0.3, -0.25) is 4.79 Å². The topological polar surface area (TPSA) is 37.3 Å². The minimum Gasteiger partial charge on any atom is -0.511 e. The lowest BCUT2D eigenvalue weighted by molar-refractivity contribution is -0.117. The predicted octanol–water partition coefficient (Wildman–Crippen LogP) is 3.24. The second-order valence-electron chi connectivity index (χ2n) is 4.56. The first-order chi connectivity index (χ1) is 6.96. The van der Waals surface area contributed by atoms with Crippen LogP contribution in [0.5, 0.6) is 0 Å². The Kier molecular flexibility index (Phi) is 4.59. The average molecular weight is 246 g/mol. The van der Waals surface area contributed by atoms with Gasteiger partial charge in [0, 0.05) is 24.3 Å². The molecule has 0 aliphatic heterocycles. The van der Waals surface area contributed by atoms with Crippen LogP contribution < -0.4 is 0 Å². The van der Waals surface area contributed by atoms with E-state index in [1.807, 2.05) is 20.1 Å². The second-order valence-corrected chi connectivity index (χ2v) is 6.65. The van der Waals surface area contributed by atoms with E-state index in [1.165, 1.54) is 11.8 Å². The average Bonchev–Trinajstić information content (AvgIpc) is 2.08. The van der Waals surface area contributed by atoms with Crippen LogP contribution in [0.3, 0.4) is 0 Å². The molecule has 0 aromatic heterocycles. The van der Waals surface area contributed by atoms with E-state index in [4.69, 9.17) is 0 Å². The molecule has 0 saturated carbocycles. The maximum atomic E-state index is 11.8. The molecule has 1 rings (SSSR count). The first-order valence-electron chi connectivity index (χ1n) is 5.03. The van der Waals surface area contributed by atoms with Crippen LogP contribution >= 0.6 is 23.5 Å². The van der Waals surface area contributed by atoms with E-state index in [1.54, 1.807) is 11.8 Å². The molecule has 15 heavy (non-hydrogen) atoms. The summed E-state index contributed by atoms with van der Waals surface area (Å²) >= 11 is 3.25. The molecule has 0 radical (unpaired) electrons. The third-order valence-electron chi connectivity index (χ3n) is 2.33. The number of carbonyl (C=O) groups excluding carboxylic acids is 1. The Morgan fingerprint density at radius 1 is 1.33 bits per heavy atom. The largest absolute Gasteiger partial charge is 0.511 e. The van der Waals surface area contributed by atoms with Crippen molar-refractivity contribution in [1.82, 2.24) is 0 Å². The summed E-state index contributed by atoms with van der Waals surface area (Å²) in [6, 6.07) is 0. The first-order valence-corrected chi connectivity index (χ1v) is 7.41. The minimum atomic E-state index is -0.0786. The number of hydrogen-bond acceptors (Lipinski definition) is 4. The van der Waals surface area contributed by atoms with Crippen molar-refractivity contribution in [2.45, 2.75) is 26.7 Å². The van der Waals surface area contributed by atoms with E-state index >= 15 is 0 Å². The van der Waals surface area contributed by atoms with Gasteiger partial charge in [-0.15, -0.1) is 11.8 Å². The molecule has 0 heterocycles. The summed E-state index contributed by atoms with van der Waals surface area (Å²) in [5.74, 6) is 2.31. The number of hydrogen-bond donors (Lipinski definition) is 1. The van der Waals surface area contributed by atoms with Crippen LogP contribution in [0, 0.1) is 5.41 Å². The molecule has 86 valence electrons. The van der Waals surface area contributed by atoms with Crippen LogP contribution in [-0.2, 0) is 4.79 Å². The SMILES string of the molecule is CSCCSC1=C(O)CC(C)(C)CC1=O. The van der Waals surface area contributed by atoms with Crippen molar-refractivity contribution in [2.24, 2.45) is 5.41 Å². The zero-order valence-electron chi connectivity index (χ0n) is 9.50. The van der Waals surface area contributed by atoms with Gasteiger partial charge in [-0.2, -0.15) is 11.8 Å². The maximum absolute atomic E-state index is 11.8. The van der Waals surface area contributed by atoms with Gasteiger partial charge in [0.05, 0.1) is 4.91 Å². The zero-order chi connectivity index (χ0) is 11.5. The molecule has 1 aliphatic rings. The highest BCUT2D eigenvalue weighted by Gasteiger charge is 2.32. The van der Waals surface area contributed by atoms with E-state index in [9.17, 15) is 9.90 Å². The number of rotatable bonds is 4. The van der Waals surface area contributed by atoms with E-state index in [-0.39, 0.29) is 11.2 Å². The van der Waals surface area contributed by atoms with Crippen molar-refractivity contribution in [3.63, 3.8) is 0 Å². The molecule has 0 saturated heterocycles. The number of allylic oxidation sites excluding steroid dienone is 2. The van der Waals surface area contributed by atoms with E-state index in [2.05, 4.69) is 0 Å². The fraction of sp³-hybridized carbons (Fsp3) is 0.727. The summed E-state index contributed by atoms with van der Waals surface area (Å²) in [4.78, 5) is 12.4. The summed E-state index contributed by atoms with van der Waals surface area (Å²) in [6.45, 7) is 4.04. The summed E-state index contributed by atoms with van der Waals surface area (Å²) in [5.41, 5.74) is -0.0786. The number of carbonyl (C=O) groups is 1. The molecule has 0 atom stereocenters. The van der Waals surface area contributed by atoms with Crippen molar-refractivity contribution in [1.29, 1.82) is 0 Å². The fourth-order valence-electron chi connectivity index (χ4n) is 1.66. The van der Waals surface area contributed by atoms with Crippen molar-refractivity contribution in [3.8, 4) is 0 Å². The highest BCUT2D eigenvalue weighted by Crippen LogP contribution is 2.39. The van der Waals surface area contributed by atoms with Crippen LogP contribution in [-0.4, -0.2) is 28.7 Å². The fourth-order valence-corrected chi connectivity index (χ4v) is 3.34. The number of Topliss-reactive ketones (excluding diaryl/α,β-unsaturated/α-hetero) is 1. The smallest absolute Gasteiger partial charge is 0.173 e. The molecule has 2 nitrogen and oxygen atoms in total. The third kappa shape index (κ3) is 3.76. The highest BCUT2D eigenvalue weighted by molar-refractivity contribution is 8.05. The molecule has 0 bridgehead atoms.